The molecule has 0 radical (unpaired) electrons. The molecule has 4 bridgehead atoms. The number of aliphatic hydroxyl groups is 2. The predicted molar refractivity (Wildman–Crippen MR) is 125 cm³/mol. The Kier molecular flexibility index (Phi) is 5.95. The zero-order chi connectivity index (χ0) is 23.0. The SMILES string of the molecule is N#Cc1cnc(NCc2ccccc2C(O)CO)nc1NCC12CC3CC(C1)C(N)C(C3)C2. The normalized spacial score (nSPS) is 30.6. The van der Waals surface area contributed by atoms with Gasteiger partial charge in [-0.3, -0.25) is 0 Å². The molecule has 4 aliphatic rings. The van der Waals surface area contributed by atoms with E-state index in [-0.39, 0.29) is 12.0 Å². The molecule has 0 amide bonds. The molecule has 6 rings (SSSR count). The maximum absolute atomic E-state index is 10.1. The largest absolute Gasteiger partial charge is 0.393 e. The Labute approximate surface area is 194 Å². The van der Waals surface area contributed by atoms with Crippen LogP contribution in [0.3, 0.4) is 0 Å². The van der Waals surface area contributed by atoms with Crippen molar-refractivity contribution in [1.82, 2.24) is 9.97 Å². The summed E-state index contributed by atoms with van der Waals surface area (Å²) in [5.74, 6) is 3.02. The van der Waals surface area contributed by atoms with Gasteiger partial charge in [-0.15, -0.1) is 0 Å². The lowest BCUT2D eigenvalue weighted by atomic mass is 9.48. The molecule has 33 heavy (non-hydrogen) atoms. The molecular weight excluding hydrogens is 416 g/mol. The van der Waals surface area contributed by atoms with Gasteiger partial charge in [0.25, 0.3) is 0 Å². The lowest BCUT2D eigenvalue weighted by Gasteiger charge is -2.59. The lowest BCUT2D eigenvalue weighted by molar-refractivity contribution is -0.0591. The molecule has 0 saturated heterocycles. The Morgan fingerprint density at radius 3 is 2.67 bits per heavy atom. The Morgan fingerprint density at radius 1 is 1.18 bits per heavy atom. The second kappa shape index (κ2) is 8.90. The molecular formula is C25H32N6O2. The van der Waals surface area contributed by atoms with Crippen LogP contribution < -0.4 is 16.4 Å². The first-order chi connectivity index (χ1) is 16.0. The number of aliphatic hydroxyl groups excluding tert-OH is 2. The minimum absolute atomic E-state index is 0.247. The zero-order valence-electron chi connectivity index (χ0n) is 18.7. The molecule has 4 fully saturated rings. The van der Waals surface area contributed by atoms with Crippen LogP contribution in [0.1, 0.15) is 54.9 Å². The van der Waals surface area contributed by atoms with E-state index in [1.807, 2.05) is 18.2 Å². The van der Waals surface area contributed by atoms with E-state index in [4.69, 9.17) is 5.73 Å². The van der Waals surface area contributed by atoms with E-state index in [1.54, 1.807) is 12.3 Å². The van der Waals surface area contributed by atoms with E-state index in [1.165, 1.54) is 19.3 Å². The van der Waals surface area contributed by atoms with Gasteiger partial charge in [-0.05, 0) is 66.4 Å². The third kappa shape index (κ3) is 4.29. The van der Waals surface area contributed by atoms with Crippen molar-refractivity contribution in [2.75, 3.05) is 23.8 Å². The highest BCUT2D eigenvalue weighted by Crippen LogP contribution is 2.59. The van der Waals surface area contributed by atoms with Crippen LogP contribution in [-0.4, -0.2) is 39.4 Å². The summed E-state index contributed by atoms with van der Waals surface area (Å²) in [6.45, 7) is 0.860. The molecule has 2 aromatic rings. The van der Waals surface area contributed by atoms with Crippen LogP contribution in [0.2, 0.25) is 0 Å². The molecule has 1 aromatic heterocycles. The minimum Gasteiger partial charge on any atom is -0.393 e. The average Bonchev–Trinajstić information content (AvgIpc) is 2.84. The van der Waals surface area contributed by atoms with Crippen molar-refractivity contribution < 1.29 is 10.2 Å². The summed E-state index contributed by atoms with van der Waals surface area (Å²) in [5.41, 5.74) is 8.69. The highest BCUT2D eigenvalue weighted by Gasteiger charge is 2.54. The van der Waals surface area contributed by atoms with Gasteiger partial charge in [0.15, 0.2) is 0 Å². The summed E-state index contributed by atoms with van der Waals surface area (Å²) >= 11 is 0. The molecule has 0 spiro atoms. The highest BCUT2D eigenvalue weighted by molar-refractivity contribution is 5.53. The second-order valence-corrected chi connectivity index (χ2v) is 10.2. The van der Waals surface area contributed by atoms with Crippen LogP contribution in [0, 0.1) is 34.5 Å². The van der Waals surface area contributed by atoms with Gasteiger partial charge in [0.2, 0.25) is 5.95 Å². The van der Waals surface area contributed by atoms with Crippen LogP contribution in [0.5, 0.6) is 0 Å². The molecule has 8 heteroatoms. The number of anilines is 2. The number of nitriles is 1. The highest BCUT2D eigenvalue weighted by atomic mass is 16.3. The number of hydrogen-bond acceptors (Lipinski definition) is 8. The number of nitrogens with two attached hydrogens (primary N) is 1. The molecule has 3 atom stereocenters. The summed E-state index contributed by atoms with van der Waals surface area (Å²) < 4.78 is 0. The minimum atomic E-state index is -0.935. The molecule has 174 valence electrons. The topological polar surface area (TPSA) is 140 Å². The zero-order valence-corrected chi connectivity index (χ0v) is 18.7. The van der Waals surface area contributed by atoms with Crippen molar-refractivity contribution in [1.29, 1.82) is 5.26 Å². The Hall–Kier alpha value is -2.73. The first-order valence-corrected chi connectivity index (χ1v) is 11.9. The Bertz CT molecular complexity index is 1040. The number of hydrogen-bond donors (Lipinski definition) is 5. The van der Waals surface area contributed by atoms with E-state index < -0.39 is 6.10 Å². The third-order valence-corrected chi connectivity index (χ3v) is 8.04. The first kappa shape index (κ1) is 22.1. The van der Waals surface area contributed by atoms with Gasteiger partial charge in [0.05, 0.1) is 12.8 Å². The maximum Gasteiger partial charge on any atom is 0.224 e. The summed E-state index contributed by atoms with van der Waals surface area (Å²) in [6.07, 6.45) is 6.72. The summed E-state index contributed by atoms with van der Waals surface area (Å²) in [6, 6.07) is 9.95. The summed E-state index contributed by atoms with van der Waals surface area (Å²) in [4.78, 5) is 8.88. The van der Waals surface area contributed by atoms with Crippen molar-refractivity contribution in [3.63, 3.8) is 0 Å². The van der Waals surface area contributed by atoms with Crippen LogP contribution in [-0.2, 0) is 6.54 Å². The molecule has 6 N–H and O–H groups in total. The quantitative estimate of drug-likeness (QED) is 0.415. The van der Waals surface area contributed by atoms with Crippen molar-refractivity contribution in [3.8, 4) is 6.07 Å². The standard InChI is InChI=1S/C25H32N6O2/c26-10-19-12-29-24(28-11-16-3-1-2-4-20(16)21(33)13-32)31-23(19)30-14-25-7-15-5-17(8-25)22(27)18(6-15)9-25/h1-4,12,15,17-18,21-22,32-33H,5-9,11,13-14,27H2,(H2,28,29,30,31). The van der Waals surface area contributed by atoms with Gasteiger partial charge in [0.1, 0.15) is 23.6 Å². The summed E-state index contributed by atoms with van der Waals surface area (Å²) in [7, 11) is 0. The van der Waals surface area contributed by atoms with E-state index in [9.17, 15) is 15.5 Å². The van der Waals surface area contributed by atoms with E-state index in [0.29, 0.717) is 47.3 Å². The second-order valence-electron chi connectivity index (χ2n) is 10.2. The van der Waals surface area contributed by atoms with E-state index >= 15 is 0 Å². The molecule has 4 aliphatic carbocycles. The van der Waals surface area contributed by atoms with Crippen LogP contribution >= 0.6 is 0 Å². The van der Waals surface area contributed by atoms with E-state index in [2.05, 4.69) is 26.7 Å². The van der Waals surface area contributed by atoms with Crippen LogP contribution in [0.4, 0.5) is 11.8 Å². The number of nitrogens with one attached hydrogen (secondary N) is 2. The first-order valence-electron chi connectivity index (χ1n) is 11.9. The fourth-order valence-electron chi connectivity index (χ4n) is 6.70. The van der Waals surface area contributed by atoms with Crippen molar-refractivity contribution in [2.45, 2.75) is 50.8 Å². The van der Waals surface area contributed by atoms with Crippen LogP contribution in [0.15, 0.2) is 30.5 Å². The van der Waals surface area contributed by atoms with Gasteiger partial charge in [-0.2, -0.15) is 10.2 Å². The van der Waals surface area contributed by atoms with Crippen LogP contribution in [0.25, 0.3) is 0 Å². The Morgan fingerprint density at radius 2 is 1.94 bits per heavy atom. The van der Waals surface area contributed by atoms with Gasteiger partial charge in [-0.1, -0.05) is 24.3 Å². The number of rotatable bonds is 8. The third-order valence-electron chi connectivity index (χ3n) is 8.04. The van der Waals surface area contributed by atoms with Crippen molar-refractivity contribution in [2.24, 2.45) is 28.9 Å². The molecule has 4 saturated carbocycles. The fraction of sp³-hybridized carbons (Fsp3) is 0.560. The predicted octanol–water partition coefficient (Wildman–Crippen LogP) is 2.55. The lowest BCUT2D eigenvalue weighted by Crippen LogP contribution is -2.58. The van der Waals surface area contributed by atoms with E-state index in [0.717, 1.165) is 30.9 Å². The molecule has 1 aromatic carbocycles. The number of aromatic nitrogens is 2. The number of nitrogens with zero attached hydrogens (tertiary/aromatic N) is 3. The molecule has 8 nitrogen and oxygen atoms in total. The molecule has 3 unspecified atom stereocenters. The maximum atomic E-state index is 10.1. The molecule has 0 aliphatic heterocycles. The smallest absolute Gasteiger partial charge is 0.224 e. The fourth-order valence-corrected chi connectivity index (χ4v) is 6.70. The molecule has 1 heterocycles. The van der Waals surface area contributed by atoms with Gasteiger partial charge in [0, 0.05) is 19.1 Å². The summed E-state index contributed by atoms with van der Waals surface area (Å²) in [5, 5.41) is 35.6. The monoisotopic (exact) mass is 448 g/mol. The number of benzene rings is 1. The van der Waals surface area contributed by atoms with Gasteiger partial charge in [-0.25, -0.2) is 4.98 Å². The van der Waals surface area contributed by atoms with Crippen molar-refractivity contribution in [3.05, 3.63) is 47.2 Å². The van der Waals surface area contributed by atoms with Gasteiger partial charge >= 0.3 is 0 Å². The Balaban J connectivity index is 1.28. The van der Waals surface area contributed by atoms with Crippen molar-refractivity contribution >= 4 is 11.8 Å². The average molecular weight is 449 g/mol. The van der Waals surface area contributed by atoms with Gasteiger partial charge < -0.3 is 26.6 Å².